The molecule has 132 valence electrons. The van der Waals surface area contributed by atoms with Crippen LogP contribution in [0.15, 0.2) is 33.7 Å². The van der Waals surface area contributed by atoms with Crippen molar-refractivity contribution in [3.8, 4) is 0 Å². The van der Waals surface area contributed by atoms with Crippen LogP contribution in [-0.4, -0.2) is 37.0 Å². The molecular formula is C18H23N5O2. The molecule has 25 heavy (non-hydrogen) atoms. The van der Waals surface area contributed by atoms with Crippen LogP contribution >= 0.6 is 0 Å². The van der Waals surface area contributed by atoms with E-state index in [1.54, 1.807) is 7.05 Å². The van der Waals surface area contributed by atoms with Crippen LogP contribution < -0.4 is 15.5 Å². The molecule has 0 radical (unpaired) electrons. The van der Waals surface area contributed by atoms with Crippen molar-refractivity contribution in [2.24, 2.45) is 4.99 Å². The quantitative estimate of drug-likeness (QED) is 0.651. The first-order chi connectivity index (χ1) is 12.1. The fourth-order valence-corrected chi connectivity index (χ4v) is 2.85. The highest BCUT2D eigenvalue weighted by molar-refractivity contribution is 5.98. The molecule has 1 aliphatic heterocycles. The standard InChI is InChI=1S/C18H23N5O2/c1-12-13(2)25-16(22-12)10-20-18(19-3)21-11-17(24)23-9-8-14-6-4-5-7-15(14)23/h4-7H,8-11H2,1-3H3,(H2,19,20,21). The molecule has 0 saturated carbocycles. The maximum atomic E-state index is 12.5. The van der Waals surface area contributed by atoms with E-state index in [9.17, 15) is 4.79 Å². The normalized spacial score (nSPS) is 13.7. The van der Waals surface area contributed by atoms with E-state index in [4.69, 9.17) is 4.42 Å². The SMILES string of the molecule is CN=C(NCC(=O)N1CCc2ccccc21)NCc1nc(C)c(C)o1. The summed E-state index contributed by atoms with van der Waals surface area (Å²) in [6.07, 6.45) is 0.901. The first-order valence-corrected chi connectivity index (χ1v) is 8.34. The van der Waals surface area contributed by atoms with Gasteiger partial charge < -0.3 is 20.0 Å². The highest BCUT2D eigenvalue weighted by atomic mass is 16.4. The Morgan fingerprint density at radius 2 is 2.12 bits per heavy atom. The summed E-state index contributed by atoms with van der Waals surface area (Å²) in [5, 5.41) is 6.15. The lowest BCUT2D eigenvalue weighted by Crippen LogP contribution is -2.44. The summed E-state index contributed by atoms with van der Waals surface area (Å²) in [4.78, 5) is 22.8. The van der Waals surface area contributed by atoms with Crippen LogP contribution in [0.1, 0.15) is 22.9 Å². The Morgan fingerprint density at radius 3 is 2.84 bits per heavy atom. The third kappa shape index (κ3) is 3.81. The van der Waals surface area contributed by atoms with Crippen LogP contribution in [0, 0.1) is 13.8 Å². The number of fused-ring (bicyclic) bond motifs is 1. The van der Waals surface area contributed by atoms with Gasteiger partial charge in [0.15, 0.2) is 5.96 Å². The zero-order valence-electron chi connectivity index (χ0n) is 14.8. The molecule has 1 aromatic carbocycles. The predicted octanol–water partition coefficient (Wildman–Crippen LogP) is 1.55. The van der Waals surface area contributed by atoms with Crippen molar-refractivity contribution in [3.05, 3.63) is 47.2 Å². The first kappa shape index (κ1) is 17.0. The molecule has 2 aromatic rings. The number of aliphatic imine (C=N–C) groups is 1. The van der Waals surface area contributed by atoms with E-state index in [1.165, 1.54) is 5.56 Å². The molecule has 7 heteroatoms. The molecule has 2 N–H and O–H groups in total. The largest absolute Gasteiger partial charge is 0.444 e. The number of carbonyl (C=O) groups is 1. The summed E-state index contributed by atoms with van der Waals surface area (Å²) in [5.74, 6) is 1.96. The molecule has 1 amide bonds. The fraction of sp³-hybridized carbons (Fsp3) is 0.389. The van der Waals surface area contributed by atoms with Gasteiger partial charge in [0.25, 0.3) is 0 Å². The third-order valence-corrected chi connectivity index (χ3v) is 4.30. The van der Waals surface area contributed by atoms with Crippen molar-refractivity contribution in [2.45, 2.75) is 26.8 Å². The van der Waals surface area contributed by atoms with E-state index < -0.39 is 0 Å². The molecule has 0 bridgehead atoms. The van der Waals surface area contributed by atoms with Gasteiger partial charge in [-0.25, -0.2) is 4.98 Å². The molecule has 0 spiro atoms. The van der Waals surface area contributed by atoms with E-state index in [0.29, 0.717) is 18.4 Å². The summed E-state index contributed by atoms with van der Waals surface area (Å²) in [7, 11) is 1.66. The van der Waals surface area contributed by atoms with Gasteiger partial charge in [-0.15, -0.1) is 0 Å². The second-order valence-corrected chi connectivity index (χ2v) is 5.95. The second kappa shape index (κ2) is 7.38. The van der Waals surface area contributed by atoms with Gasteiger partial charge in [-0.2, -0.15) is 0 Å². The highest BCUT2D eigenvalue weighted by Crippen LogP contribution is 2.27. The van der Waals surface area contributed by atoms with E-state index in [2.05, 4.69) is 26.7 Å². The molecule has 0 saturated heterocycles. The van der Waals surface area contributed by atoms with Gasteiger partial charge in [0, 0.05) is 19.3 Å². The topological polar surface area (TPSA) is 82.8 Å². The molecule has 1 aromatic heterocycles. The van der Waals surface area contributed by atoms with Gasteiger partial charge in [-0.3, -0.25) is 9.79 Å². The Morgan fingerprint density at radius 1 is 1.32 bits per heavy atom. The van der Waals surface area contributed by atoms with Crippen molar-refractivity contribution in [2.75, 3.05) is 25.0 Å². The van der Waals surface area contributed by atoms with Gasteiger partial charge in [0.2, 0.25) is 11.8 Å². The Hall–Kier alpha value is -2.83. The van der Waals surface area contributed by atoms with Crippen molar-refractivity contribution >= 4 is 17.6 Å². The maximum absolute atomic E-state index is 12.5. The summed E-state index contributed by atoms with van der Waals surface area (Å²) >= 11 is 0. The van der Waals surface area contributed by atoms with Crippen LogP contribution in [0.2, 0.25) is 0 Å². The van der Waals surface area contributed by atoms with Crippen molar-refractivity contribution in [3.63, 3.8) is 0 Å². The monoisotopic (exact) mass is 341 g/mol. The molecule has 3 rings (SSSR count). The minimum absolute atomic E-state index is 0.0238. The Labute approximate surface area is 147 Å². The number of aryl methyl sites for hydroxylation is 2. The van der Waals surface area contributed by atoms with E-state index >= 15 is 0 Å². The number of nitrogens with one attached hydrogen (secondary N) is 2. The predicted molar refractivity (Wildman–Crippen MR) is 96.7 cm³/mol. The van der Waals surface area contributed by atoms with E-state index in [0.717, 1.165) is 30.1 Å². The molecular weight excluding hydrogens is 318 g/mol. The zero-order chi connectivity index (χ0) is 17.8. The van der Waals surface area contributed by atoms with Crippen molar-refractivity contribution < 1.29 is 9.21 Å². The first-order valence-electron chi connectivity index (χ1n) is 8.34. The van der Waals surface area contributed by atoms with Gasteiger partial charge in [0.1, 0.15) is 5.76 Å². The number of oxazole rings is 1. The summed E-state index contributed by atoms with van der Waals surface area (Å²) in [6, 6.07) is 8.01. The second-order valence-electron chi connectivity index (χ2n) is 5.95. The smallest absolute Gasteiger partial charge is 0.246 e. The lowest BCUT2D eigenvalue weighted by molar-refractivity contribution is -0.117. The van der Waals surface area contributed by atoms with E-state index in [-0.39, 0.29) is 12.5 Å². The number of carbonyl (C=O) groups excluding carboxylic acids is 1. The Kier molecular flexibility index (Phi) is 5.02. The average molecular weight is 341 g/mol. The summed E-state index contributed by atoms with van der Waals surface area (Å²) in [5.41, 5.74) is 3.10. The molecule has 0 aliphatic carbocycles. The van der Waals surface area contributed by atoms with Crippen molar-refractivity contribution in [1.29, 1.82) is 0 Å². The highest BCUT2D eigenvalue weighted by Gasteiger charge is 2.23. The summed E-state index contributed by atoms with van der Waals surface area (Å²) in [6.45, 7) is 5.10. The molecule has 0 unspecified atom stereocenters. The minimum atomic E-state index is 0.0238. The Bertz CT molecular complexity index is 777. The number of benzene rings is 1. The van der Waals surface area contributed by atoms with Crippen LogP contribution in [0.25, 0.3) is 0 Å². The van der Waals surface area contributed by atoms with Gasteiger partial charge in [-0.1, -0.05) is 18.2 Å². The number of anilines is 1. The van der Waals surface area contributed by atoms with Crippen LogP contribution in [-0.2, 0) is 17.8 Å². The molecule has 0 fully saturated rings. The fourth-order valence-electron chi connectivity index (χ4n) is 2.85. The van der Waals surface area contributed by atoms with Crippen LogP contribution in [0.5, 0.6) is 0 Å². The number of hydrogen-bond donors (Lipinski definition) is 2. The maximum Gasteiger partial charge on any atom is 0.246 e. The van der Waals surface area contributed by atoms with Crippen LogP contribution in [0.4, 0.5) is 5.69 Å². The van der Waals surface area contributed by atoms with Crippen molar-refractivity contribution in [1.82, 2.24) is 15.6 Å². The lowest BCUT2D eigenvalue weighted by atomic mass is 10.2. The number of hydrogen-bond acceptors (Lipinski definition) is 4. The number of guanidine groups is 1. The average Bonchev–Trinajstić information content (AvgIpc) is 3.18. The minimum Gasteiger partial charge on any atom is -0.444 e. The van der Waals surface area contributed by atoms with Gasteiger partial charge >= 0.3 is 0 Å². The van der Waals surface area contributed by atoms with Gasteiger partial charge in [0.05, 0.1) is 18.8 Å². The molecule has 7 nitrogen and oxygen atoms in total. The Balaban J connectivity index is 1.52. The zero-order valence-corrected chi connectivity index (χ0v) is 14.8. The lowest BCUT2D eigenvalue weighted by Gasteiger charge is -2.18. The number of amides is 1. The van der Waals surface area contributed by atoms with Gasteiger partial charge in [-0.05, 0) is 31.9 Å². The molecule has 2 heterocycles. The number of para-hydroxylation sites is 1. The number of rotatable bonds is 4. The number of aromatic nitrogens is 1. The van der Waals surface area contributed by atoms with Crippen LogP contribution in [0.3, 0.4) is 0 Å². The number of nitrogens with zero attached hydrogens (tertiary/aromatic N) is 3. The van der Waals surface area contributed by atoms with E-state index in [1.807, 2.05) is 36.9 Å². The summed E-state index contributed by atoms with van der Waals surface area (Å²) < 4.78 is 5.52. The third-order valence-electron chi connectivity index (χ3n) is 4.30. The molecule has 0 atom stereocenters. The molecule has 1 aliphatic rings.